The van der Waals surface area contributed by atoms with Gasteiger partial charge in [-0.15, -0.1) is 0 Å². The van der Waals surface area contributed by atoms with Gasteiger partial charge in [0.05, 0.1) is 5.66 Å². The first-order valence-electron chi connectivity index (χ1n) is 9.55. The van der Waals surface area contributed by atoms with Crippen LogP contribution in [0.15, 0.2) is 0 Å². The Hall–Kier alpha value is 0.340. The van der Waals surface area contributed by atoms with Crippen LogP contribution in [-0.2, 0) is 13.4 Å². The lowest BCUT2D eigenvalue weighted by Crippen LogP contribution is -2.19. The highest BCUT2D eigenvalue weighted by atomic mass is 31.2. The molecule has 24 heavy (non-hydrogen) atoms. The molecule has 2 N–H and O–H groups in total. The Morgan fingerprint density at radius 1 is 0.958 bits per heavy atom. The fraction of sp³-hybridized carbons (Fsp3) is 1.00. The lowest BCUT2D eigenvalue weighted by atomic mass is 9.88. The van der Waals surface area contributed by atoms with Crippen LogP contribution in [0.4, 0.5) is 0 Å². The summed E-state index contributed by atoms with van der Waals surface area (Å²) in [6.07, 6.45) is 9.58. The maximum absolute atomic E-state index is 12.6. The smallest absolute Gasteiger partial charge is 0.326 e. The first-order chi connectivity index (χ1) is 11.3. The van der Waals surface area contributed by atoms with Crippen molar-refractivity contribution in [3.63, 3.8) is 0 Å². The van der Waals surface area contributed by atoms with E-state index < -0.39 is 21.5 Å². The molecule has 5 nitrogen and oxygen atoms in total. The van der Waals surface area contributed by atoms with Crippen LogP contribution in [0.1, 0.15) is 91.9 Å². The molecule has 0 aliphatic carbocycles. The molecule has 0 heterocycles. The minimum absolute atomic E-state index is 0.365. The molecule has 0 aliphatic rings. The maximum Gasteiger partial charge on any atom is 0.338 e. The third-order valence-electron chi connectivity index (χ3n) is 4.97. The average molecular weight is 384 g/mol. The highest BCUT2D eigenvalue weighted by Gasteiger charge is 2.36. The average Bonchev–Trinajstić information content (AvgIpc) is 2.52. The van der Waals surface area contributed by atoms with E-state index in [1.165, 1.54) is 0 Å². The summed E-state index contributed by atoms with van der Waals surface area (Å²) in [5.41, 5.74) is -0.540. The number of hydrogen-bond acceptors (Lipinski definition) is 3. The van der Waals surface area contributed by atoms with Crippen molar-refractivity contribution < 1.29 is 23.2 Å². The van der Waals surface area contributed by atoms with Crippen molar-refractivity contribution >= 4 is 15.9 Å². The molecule has 4 unspecified atom stereocenters. The monoisotopic (exact) mass is 384 g/mol. The predicted octanol–water partition coefficient (Wildman–Crippen LogP) is 6.15. The zero-order valence-electron chi connectivity index (χ0n) is 15.9. The standard InChI is InChI=1S/C17H38O5P2/c1-5-9-11-15(7-3)13-17(24(20,21)22-23(18)19)14-16(8-4)12-10-6-2/h15-17,23H,5-14H2,1-4H3,(H,18,19)(H,20,21). The SMILES string of the molecule is CCCCC(CC)CC(CC(CC)CCCC)P(=O)(O)O[PH](=O)O. The van der Waals surface area contributed by atoms with Gasteiger partial charge in [-0.2, -0.15) is 0 Å². The molecule has 0 aromatic rings. The number of unbranched alkanes of at least 4 members (excludes halogenated alkanes) is 2. The summed E-state index contributed by atoms with van der Waals surface area (Å²) in [4.78, 5) is 19.3. The Labute approximate surface area is 149 Å². The van der Waals surface area contributed by atoms with Crippen molar-refractivity contribution in [1.82, 2.24) is 0 Å². The van der Waals surface area contributed by atoms with Crippen molar-refractivity contribution in [2.24, 2.45) is 11.8 Å². The lowest BCUT2D eigenvalue weighted by Gasteiger charge is -2.28. The molecular weight excluding hydrogens is 346 g/mol. The first kappa shape index (κ1) is 24.3. The van der Waals surface area contributed by atoms with Crippen molar-refractivity contribution in [1.29, 1.82) is 0 Å². The van der Waals surface area contributed by atoms with Gasteiger partial charge in [-0.25, -0.2) is 4.31 Å². The quantitative estimate of drug-likeness (QED) is 0.331. The van der Waals surface area contributed by atoms with Gasteiger partial charge in [0, 0.05) is 0 Å². The van der Waals surface area contributed by atoms with Crippen molar-refractivity contribution in [3.05, 3.63) is 0 Å². The molecule has 0 aliphatic heterocycles. The second-order valence-corrected chi connectivity index (χ2v) is 10.0. The first-order valence-corrected chi connectivity index (χ1v) is 12.5. The molecule has 0 bridgehead atoms. The molecule has 0 fully saturated rings. The number of rotatable bonds is 15. The summed E-state index contributed by atoms with van der Waals surface area (Å²) in [6, 6.07) is 0. The highest BCUT2D eigenvalue weighted by Crippen LogP contribution is 2.58. The van der Waals surface area contributed by atoms with Crippen LogP contribution in [0, 0.1) is 11.8 Å². The molecule has 4 atom stereocenters. The molecule has 0 aromatic heterocycles. The van der Waals surface area contributed by atoms with Gasteiger partial charge in [0.1, 0.15) is 0 Å². The topological polar surface area (TPSA) is 83.8 Å². The van der Waals surface area contributed by atoms with E-state index in [2.05, 4.69) is 32.0 Å². The molecule has 0 radical (unpaired) electrons. The van der Waals surface area contributed by atoms with E-state index in [1.807, 2.05) is 0 Å². The zero-order valence-corrected chi connectivity index (χ0v) is 17.8. The molecular formula is C17H38O5P2. The van der Waals surface area contributed by atoms with E-state index in [-0.39, 0.29) is 0 Å². The Kier molecular flexibility index (Phi) is 13.7. The van der Waals surface area contributed by atoms with Gasteiger partial charge in [-0.05, 0) is 24.7 Å². The van der Waals surface area contributed by atoms with Crippen LogP contribution in [-0.4, -0.2) is 15.4 Å². The van der Waals surface area contributed by atoms with Gasteiger partial charge in [0.25, 0.3) is 0 Å². The molecule has 0 saturated heterocycles. The summed E-state index contributed by atoms with van der Waals surface area (Å²) in [5.74, 6) is 0.729. The van der Waals surface area contributed by atoms with Crippen LogP contribution in [0.25, 0.3) is 0 Å². The Bertz CT molecular complexity index is 371. The summed E-state index contributed by atoms with van der Waals surface area (Å²) >= 11 is 0. The van der Waals surface area contributed by atoms with Crippen LogP contribution in [0.2, 0.25) is 0 Å². The molecule has 0 spiro atoms. The van der Waals surface area contributed by atoms with Crippen LogP contribution in [0.3, 0.4) is 0 Å². The van der Waals surface area contributed by atoms with Crippen molar-refractivity contribution in [3.8, 4) is 0 Å². The fourth-order valence-corrected chi connectivity index (χ4v) is 5.90. The van der Waals surface area contributed by atoms with Gasteiger partial charge in [-0.3, -0.25) is 9.13 Å². The van der Waals surface area contributed by atoms with Crippen molar-refractivity contribution in [2.75, 3.05) is 0 Å². The van der Waals surface area contributed by atoms with E-state index >= 15 is 0 Å². The third kappa shape index (κ3) is 10.4. The Balaban J connectivity index is 5.11. The van der Waals surface area contributed by atoms with Crippen LogP contribution >= 0.6 is 15.9 Å². The lowest BCUT2D eigenvalue weighted by molar-refractivity contribution is 0.298. The van der Waals surface area contributed by atoms with E-state index in [0.717, 1.165) is 51.4 Å². The molecule has 0 aromatic carbocycles. The summed E-state index contributed by atoms with van der Waals surface area (Å²) in [5, 5.41) is 0. The molecule has 146 valence electrons. The van der Waals surface area contributed by atoms with E-state index in [0.29, 0.717) is 24.7 Å². The zero-order chi connectivity index (χ0) is 18.6. The summed E-state index contributed by atoms with van der Waals surface area (Å²) in [7, 11) is -7.49. The van der Waals surface area contributed by atoms with Crippen molar-refractivity contribution in [2.45, 2.75) is 97.6 Å². The largest absolute Gasteiger partial charge is 0.338 e. The molecule has 0 amide bonds. The molecule has 7 heteroatoms. The van der Waals surface area contributed by atoms with Gasteiger partial charge in [0.2, 0.25) is 0 Å². The summed E-state index contributed by atoms with van der Waals surface area (Å²) in [6.45, 7) is 8.48. The molecule has 0 rings (SSSR count). The normalized spacial score (nSPS) is 19.4. The minimum atomic E-state index is -4.07. The van der Waals surface area contributed by atoms with Gasteiger partial charge < -0.3 is 9.79 Å². The van der Waals surface area contributed by atoms with Crippen LogP contribution < -0.4 is 0 Å². The second-order valence-electron chi connectivity index (χ2n) is 6.88. The summed E-state index contributed by atoms with van der Waals surface area (Å²) < 4.78 is 28.2. The fourth-order valence-electron chi connectivity index (χ4n) is 3.28. The highest BCUT2D eigenvalue weighted by molar-refractivity contribution is 7.60. The van der Waals surface area contributed by atoms with E-state index in [1.54, 1.807) is 0 Å². The van der Waals surface area contributed by atoms with Gasteiger partial charge in [-0.1, -0.05) is 79.1 Å². The van der Waals surface area contributed by atoms with Gasteiger partial charge >= 0.3 is 15.9 Å². The van der Waals surface area contributed by atoms with E-state index in [4.69, 9.17) is 4.89 Å². The maximum atomic E-state index is 12.6. The Morgan fingerprint density at radius 2 is 1.38 bits per heavy atom. The Morgan fingerprint density at radius 3 is 1.67 bits per heavy atom. The van der Waals surface area contributed by atoms with Gasteiger partial charge in [0.15, 0.2) is 0 Å². The van der Waals surface area contributed by atoms with Crippen LogP contribution in [0.5, 0.6) is 0 Å². The van der Waals surface area contributed by atoms with E-state index in [9.17, 15) is 14.0 Å². The molecule has 0 saturated carbocycles. The minimum Gasteiger partial charge on any atom is -0.326 e. The predicted molar refractivity (Wildman–Crippen MR) is 102 cm³/mol. The third-order valence-corrected chi connectivity index (χ3v) is 7.98. The number of hydrogen-bond donors (Lipinski definition) is 2. The second kappa shape index (κ2) is 13.5.